The van der Waals surface area contributed by atoms with Crippen molar-refractivity contribution in [2.24, 2.45) is 7.05 Å². The molecule has 108 valence electrons. The Bertz CT molecular complexity index is 631. The third kappa shape index (κ3) is 2.95. The van der Waals surface area contributed by atoms with E-state index in [9.17, 15) is 18.0 Å². The molecule has 0 saturated heterocycles. The van der Waals surface area contributed by atoms with Crippen LogP contribution in [0.15, 0.2) is 30.3 Å². The summed E-state index contributed by atoms with van der Waals surface area (Å²) in [4.78, 5) is 13.3. The molecule has 0 unspecified atom stereocenters. The molecule has 0 aliphatic heterocycles. The largest absolute Gasteiger partial charge is 0.390 e. The van der Waals surface area contributed by atoms with Gasteiger partial charge in [-0.2, -0.15) is 13.2 Å². The molecule has 1 aromatic carbocycles. The van der Waals surface area contributed by atoms with Crippen molar-refractivity contribution in [2.75, 3.05) is 13.6 Å². The first-order valence-corrected chi connectivity index (χ1v) is 6.16. The highest BCUT2D eigenvalue weighted by Gasteiger charge is 2.28. The van der Waals surface area contributed by atoms with Gasteiger partial charge in [-0.05, 0) is 12.1 Å². The minimum atomic E-state index is -4.26. The number of aryl methyl sites for hydroxylation is 1. The van der Waals surface area contributed by atoms with Crippen LogP contribution in [0.5, 0.6) is 0 Å². The van der Waals surface area contributed by atoms with Crippen molar-refractivity contribution in [2.45, 2.75) is 12.6 Å². The molecule has 0 spiro atoms. The van der Waals surface area contributed by atoms with Crippen LogP contribution in [0.2, 0.25) is 0 Å². The number of nitrogens with zero attached hydrogens (tertiary/aromatic N) is 2. The predicted molar refractivity (Wildman–Crippen MR) is 70.6 cm³/mol. The van der Waals surface area contributed by atoms with E-state index in [1.807, 2.05) is 24.3 Å². The van der Waals surface area contributed by atoms with Crippen molar-refractivity contribution in [1.29, 1.82) is 0 Å². The molecule has 3 nitrogen and oxygen atoms in total. The van der Waals surface area contributed by atoms with Gasteiger partial charge in [-0.15, -0.1) is 0 Å². The standard InChI is InChI=1S/C14H15F3N2O/c1-18(8-7-14(15,16)17)13(20)12-9-10-5-3-4-6-11(10)19(12)2/h3-6,9H,7-8H2,1-2H3. The topological polar surface area (TPSA) is 25.2 Å². The van der Waals surface area contributed by atoms with Gasteiger partial charge in [0, 0.05) is 31.5 Å². The molecule has 2 aromatic rings. The Hall–Kier alpha value is -1.98. The highest BCUT2D eigenvalue weighted by atomic mass is 19.4. The molecular weight excluding hydrogens is 269 g/mol. The van der Waals surface area contributed by atoms with E-state index >= 15 is 0 Å². The van der Waals surface area contributed by atoms with E-state index in [0.29, 0.717) is 5.69 Å². The number of hydrogen-bond donors (Lipinski definition) is 0. The lowest BCUT2D eigenvalue weighted by atomic mass is 10.2. The van der Waals surface area contributed by atoms with Crippen LogP contribution in [-0.2, 0) is 7.05 Å². The number of fused-ring (bicyclic) bond motifs is 1. The van der Waals surface area contributed by atoms with Gasteiger partial charge in [-0.3, -0.25) is 4.79 Å². The molecule has 0 bridgehead atoms. The molecule has 0 N–H and O–H groups in total. The van der Waals surface area contributed by atoms with Crippen molar-refractivity contribution in [3.05, 3.63) is 36.0 Å². The van der Waals surface area contributed by atoms with Crippen molar-refractivity contribution in [1.82, 2.24) is 9.47 Å². The number of halogens is 3. The monoisotopic (exact) mass is 284 g/mol. The first-order chi connectivity index (χ1) is 9.29. The summed E-state index contributed by atoms with van der Waals surface area (Å²) in [6.07, 6.45) is -5.26. The highest BCUT2D eigenvalue weighted by Crippen LogP contribution is 2.22. The molecule has 0 fully saturated rings. The number of amides is 1. The van der Waals surface area contributed by atoms with E-state index < -0.39 is 18.5 Å². The molecule has 2 rings (SSSR count). The Kier molecular flexibility index (Phi) is 3.74. The molecule has 0 aliphatic rings. The summed E-state index contributed by atoms with van der Waals surface area (Å²) in [5.41, 5.74) is 1.26. The number of aromatic nitrogens is 1. The Morgan fingerprint density at radius 3 is 2.55 bits per heavy atom. The smallest absolute Gasteiger partial charge is 0.340 e. The van der Waals surface area contributed by atoms with Crippen LogP contribution in [0.3, 0.4) is 0 Å². The molecule has 0 aliphatic carbocycles. The number of hydrogen-bond acceptors (Lipinski definition) is 1. The summed E-state index contributed by atoms with van der Waals surface area (Å²) in [6, 6.07) is 9.12. The summed E-state index contributed by atoms with van der Waals surface area (Å²) < 4.78 is 38.3. The Morgan fingerprint density at radius 2 is 1.95 bits per heavy atom. The van der Waals surface area contributed by atoms with Gasteiger partial charge < -0.3 is 9.47 Å². The maximum atomic E-state index is 12.2. The number of rotatable bonds is 3. The van der Waals surface area contributed by atoms with Gasteiger partial charge in [0.1, 0.15) is 5.69 Å². The molecule has 6 heteroatoms. The van der Waals surface area contributed by atoms with Crippen LogP contribution in [-0.4, -0.2) is 35.1 Å². The molecule has 1 amide bonds. The Labute approximate surface area is 114 Å². The molecule has 20 heavy (non-hydrogen) atoms. The highest BCUT2D eigenvalue weighted by molar-refractivity contribution is 5.98. The summed E-state index contributed by atoms with van der Waals surface area (Å²) in [7, 11) is 3.11. The van der Waals surface area contributed by atoms with Crippen molar-refractivity contribution < 1.29 is 18.0 Å². The van der Waals surface area contributed by atoms with Gasteiger partial charge in [-0.25, -0.2) is 0 Å². The fraction of sp³-hybridized carbons (Fsp3) is 0.357. The summed E-state index contributed by atoms with van der Waals surface area (Å²) >= 11 is 0. The third-order valence-corrected chi connectivity index (χ3v) is 3.25. The lowest BCUT2D eigenvalue weighted by Crippen LogP contribution is -2.31. The van der Waals surface area contributed by atoms with E-state index in [4.69, 9.17) is 0 Å². The average molecular weight is 284 g/mol. The summed E-state index contributed by atoms with van der Waals surface area (Å²) in [5.74, 6) is -0.409. The minimum absolute atomic E-state index is 0.343. The molecular formula is C14H15F3N2O. The maximum Gasteiger partial charge on any atom is 0.390 e. The summed E-state index contributed by atoms with van der Waals surface area (Å²) in [6.45, 7) is -0.343. The van der Waals surface area contributed by atoms with Crippen LogP contribution in [0.25, 0.3) is 10.9 Å². The van der Waals surface area contributed by atoms with E-state index in [1.54, 1.807) is 17.7 Å². The van der Waals surface area contributed by atoms with E-state index in [1.165, 1.54) is 7.05 Å². The van der Waals surface area contributed by atoms with Crippen LogP contribution in [0.1, 0.15) is 16.9 Å². The number of carbonyl (C=O) groups is 1. The van der Waals surface area contributed by atoms with E-state index in [-0.39, 0.29) is 6.54 Å². The molecule has 1 heterocycles. The van der Waals surface area contributed by atoms with Crippen molar-refractivity contribution in [3.63, 3.8) is 0 Å². The first kappa shape index (κ1) is 14.4. The van der Waals surface area contributed by atoms with E-state index in [0.717, 1.165) is 15.8 Å². The number of carbonyl (C=O) groups excluding carboxylic acids is 1. The molecule has 1 aromatic heterocycles. The quantitative estimate of drug-likeness (QED) is 0.849. The van der Waals surface area contributed by atoms with Crippen molar-refractivity contribution in [3.8, 4) is 0 Å². The Balaban J connectivity index is 2.21. The maximum absolute atomic E-state index is 12.2. The average Bonchev–Trinajstić information content (AvgIpc) is 2.72. The number of para-hydroxylation sites is 1. The van der Waals surface area contributed by atoms with Crippen LogP contribution in [0, 0.1) is 0 Å². The zero-order chi connectivity index (χ0) is 14.9. The van der Waals surface area contributed by atoms with E-state index in [2.05, 4.69) is 0 Å². The van der Waals surface area contributed by atoms with Gasteiger partial charge in [0.25, 0.3) is 5.91 Å². The normalized spacial score (nSPS) is 11.8. The molecule has 0 saturated carbocycles. The van der Waals surface area contributed by atoms with Gasteiger partial charge in [0.2, 0.25) is 0 Å². The van der Waals surface area contributed by atoms with Crippen LogP contribution >= 0.6 is 0 Å². The second-order valence-electron chi connectivity index (χ2n) is 4.74. The van der Waals surface area contributed by atoms with Crippen LogP contribution in [0.4, 0.5) is 13.2 Å². The van der Waals surface area contributed by atoms with Gasteiger partial charge in [0.05, 0.1) is 6.42 Å². The molecule has 0 radical (unpaired) electrons. The second-order valence-corrected chi connectivity index (χ2v) is 4.74. The second kappa shape index (κ2) is 5.19. The molecule has 0 atom stereocenters. The first-order valence-electron chi connectivity index (χ1n) is 6.16. The SMILES string of the molecule is CN(CCC(F)(F)F)C(=O)c1cc2ccccc2n1C. The lowest BCUT2D eigenvalue weighted by molar-refractivity contribution is -0.136. The fourth-order valence-corrected chi connectivity index (χ4v) is 2.09. The predicted octanol–water partition coefficient (Wildman–Crippen LogP) is 3.20. The zero-order valence-corrected chi connectivity index (χ0v) is 11.2. The summed E-state index contributed by atoms with van der Waals surface area (Å²) in [5, 5.41) is 0.891. The van der Waals surface area contributed by atoms with Gasteiger partial charge >= 0.3 is 6.18 Å². The van der Waals surface area contributed by atoms with Crippen molar-refractivity contribution >= 4 is 16.8 Å². The third-order valence-electron chi connectivity index (χ3n) is 3.25. The Morgan fingerprint density at radius 1 is 1.30 bits per heavy atom. The zero-order valence-electron chi connectivity index (χ0n) is 11.2. The lowest BCUT2D eigenvalue weighted by Gasteiger charge is -2.18. The number of benzene rings is 1. The van der Waals surface area contributed by atoms with Crippen LogP contribution < -0.4 is 0 Å². The van der Waals surface area contributed by atoms with Gasteiger partial charge in [0.15, 0.2) is 0 Å². The fourth-order valence-electron chi connectivity index (χ4n) is 2.09. The number of alkyl halides is 3. The van der Waals surface area contributed by atoms with Gasteiger partial charge in [-0.1, -0.05) is 18.2 Å². The minimum Gasteiger partial charge on any atom is -0.340 e.